The van der Waals surface area contributed by atoms with E-state index in [-0.39, 0.29) is 0 Å². The zero-order chi connectivity index (χ0) is 12.5. The molecular weight excluding hydrogens is 266 g/mol. The SMILES string of the molecule is CNCc1c(SC2CCOC2C)nc2sccn12. The molecule has 1 fully saturated rings. The molecule has 98 valence electrons. The van der Waals surface area contributed by atoms with Gasteiger partial charge in [0.25, 0.3) is 0 Å². The molecule has 1 N–H and O–H groups in total. The molecule has 0 saturated carbocycles. The number of hydrogen-bond donors (Lipinski definition) is 1. The van der Waals surface area contributed by atoms with Gasteiger partial charge in [-0.1, -0.05) is 11.8 Å². The highest BCUT2D eigenvalue weighted by molar-refractivity contribution is 8.00. The van der Waals surface area contributed by atoms with Gasteiger partial charge in [0.15, 0.2) is 4.96 Å². The van der Waals surface area contributed by atoms with Crippen LogP contribution in [0.4, 0.5) is 0 Å². The summed E-state index contributed by atoms with van der Waals surface area (Å²) < 4.78 is 7.81. The molecule has 3 rings (SSSR count). The first-order valence-electron chi connectivity index (χ1n) is 6.17. The minimum absolute atomic E-state index is 0.331. The molecule has 3 heterocycles. The summed E-state index contributed by atoms with van der Waals surface area (Å²) in [7, 11) is 1.97. The van der Waals surface area contributed by atoms with Crippen LogP contribution in [-0.4, -0.2) is 34.4 Å². The molecule has 0 spiro atoms. The minimum Gasteiger partial charge on any atom is -0.377 e. The van der Waals surface area contributed by atoms with Gasteiger partial charge in [0.2, 0.25) is 0 Å². The number of aromatic nitrogens is 2. The van der Waals surface area contributed by atoms with Crippen LogP contribution in [0, 0.1) is 0 Å². The van der Waals surface area contributed by atoms with Crippen LogP contribution >= 0.6 is 23.1 Å². The fourth-order valence-electron chi connectivity index (χ4n) is 2.25. The molecule has 1 aliphatic heterocycles. The van der Waals surface area contributed by atoms with Gasteiger partial charge in [-0.2, -0.15) is 0 Å². The molecule has 18 heavy (non-hydrogen) atoms. The predicted octanol–water partition coefficient (Wildman–Crippen LogP) is 2.38. The van der Waals surface area contributed by atoms with Crippen molar-refractivity contribution in [3.63, 3.8) is 0 Å². The number of thioether (sulfide) groups is 1. The van der Waals surface area contributed by atoms with Crippen LogP contribution in [0.5, 0.6) is 0 Å². The number of nitrogens with one attached hydrogen (secondary N) is 1. The Bertz CT molecular complexity index is 536. The first-order chi connectivity index (χ1) is 8.79. The Hall–Kier alpha value is -0.560. The Morgan fingerprint density at radius 3 is 3.28 bits per heavy atom. The zero-order valence-electron chi connectivity index (χ0n) is 10.5. The average molecular weight is 283 g/mol. The highest BCUT2D eigenvalue weighted by Crippen LogP contribution is 2.35. The van der Waals surface area contributed by atoms with Gasteiger partial charge in [0, 0.05) is 30.0 Å². The van der Waals surface area contributed by atoms with Crippen LogP contribution in [0.3, 0.4) is 0 Å². The lowest BCUT2D eigenvalue weighted by Gasteiger charge is -2.12. The first kappa shape index (κ1) is 12.5. The topological polar surface area (TPSA) is 38.6 Å². The second-order valence-electron chi connectivity index (χ2n) is 4.47. The maximum absolute atomic E-state index is 5.62. The van der Waals surface area contributed by atoms with Crippen molar-refractivity contribution in [2.75, 3.05) is 13.7 Å². The lowest BCUT2D eigenvalue weighted by molar-refractivity contribution is 0.127. The Balaban J connectivity index is 1.90. The summed E-state index contributed by atoms with van der Waals surface area (Å²) in [5.74, 6) is 0. The molecule has 4 nitrogen and oxygen atoms in total. The van der Waals surface area contributed by atoms with E-state index in [9.17, 15) is 0 Å². The molecule has 6 heteroatoms. The molecule has 0 amide bonds. The van der Waals surface area contributed by atoms with Crippen molar-refractivity contribution in [2.45, 2.75) is 36.3 Å². The highest BCUT2D eigenvalue weighted by atomic mass is 32.2. The molecule has 1 aliphatic rings. The molecule has 2 aromatic rings. The lowest BCUT2D eigenvalue weighted by atomic mass is 10.3. The zero-order valence-corrected chi connectivity index (χ0v) is 12.2. The van der Waals surface area contributed by atoms with E-state index in [2.05, 4.69) is 28.2 Å². The molecule has 0 bridgehead atoms. The van der Waals surface area contributed by atoms with Crippen molar-refractivity contribution in [2.24, 2.45) is 0 Å². The van der Waals surface area contributed by atoms with Crippen LogP contribution in [0.15, 0.2) is 16.6 Å². The molecule has 2 aromatic heterocycles. The molecular formula is C12H17N3OS2. The summed E-state index contributed by atoms with van der Waals surface area (Å²) >= 11 is 3.55. The number of thiazole rings is 1. The van der Waals surface area contributed by atoms with E-state index in [0.29, 0.717) is 11.4 Å². The predicted molar refractivity (Wildman–Crippen MR) is 75.5 cm³/mol. The van der Waals surface area contributed by atoms with Gasteiger partial charge in [-0.05, 0) is 20.4 Å². The van der Waals surface area contributed by atoms with E-state index in [1.54, 1.807) is 11.3 Å². The van der Waals surface area contributed by atoms with E-state index in [1.807, 2.05) is 18.8 Å². The Morgan fingerprint density at radius 2 is 2.56 bits per heavy atom. The van der Waals surface area contributed by atoms with Crippen molar-refractivity contribution in [3.8, 4) is 0 Å². The van der Waals surface area contributed by atoms with Gasteiger partial charge in [0.05, 0.1) is 11.8 Å². The van der Waals surface area contributed by atoms with Crippen molar-refractivity contribution in [1.29, 1.82) is 0 Å². The Labute approximate surface area is 115 Å². The monoisotopic (exact) mass is 283 g/mol. The maximum Gasteiger partial charge on any atom is 0.194 e. The van der Waals surface area contributed by atoms with Crippen LogP contribution in [-0.2, 0) is 11.3 Å². The van der Waals surface area contributed by atoms with Gasteiger partial charge in [-0.15, -0.1) is 11.3 Å². The van der Waals surface area contributed by atoms with Crippen LogP contribution in [0.1, 0.15) is 19.0 Å². The quantitative estimate of drug-likeness (QED) is 0.935. The summed E-state index contributed by atoms with van der Waals surface area (Å²) in [6.07, 6.45) is 3.55. The fourth-order valence-corrected chi connectivity index (χ4v) is 4.25. The number of ether oxygens (including phenoxy) is 1. The highest BCUT2D eigenvalue weighted by Gasteiger charge is 2.27. The third kappa shape index (κ3) is 2.18. The van der Waals surface area contributed by atoms with Crippen LogP contribution < -0.4 is 5.32 Å². The fraction of sp³-hybridized carbons (Fsp3) is 0.583. The average Bonchev–Trinajstić information content (AvgIpc) is 3.01. The summed E-state index contributed by atoms with van der Waals surface area (Å²) in [5.41, 5.74) is 1.26. The normalized spacial score (nSPS) is 24.1. The number of imidazole rings is 1. The van der Waals surface area contributed by atoms with Crippen molar-refractivity contribution >= 4 is 28.1 Å². The molecule has 2 atom stereocenters. The third-order valence-electron chi connectivity index (χ3n) is 3.24. The number of fused-ring (bicyclic) bond motifs is 1. The second-order valence-corrected chi connectivity index (χ2v) is 6.57. The molecule has 0 aliphatic carbocycles. The summed E-state index contributed by atoms with van der Waals surface area (Å²) in [4.78, 5) is 5.82. The van der Waals surface area contributed by atoms with Gasteiger partial charge in [-0.3, -0.25) is 4.40 Å². The molecule has 2 unspecified atom stereocenters. The summed E-state index contributed by atoms with van der Waals surface area (Å²) in [6, 6.07) is 0. The van der Waals surface area contributed by atoms with Crippen LogP contribution in [0.25, 0.3) is 4.96 Å². The third-order valence-corrected chi connectivity index (χ3v) is 5.47. The molecule has 1 saturated heterocycles. The van der Waals surface area contributed by atoms with Gasteiger partial charge >= 0.3 is 0 Å². The van der Waals surface area contributed by atoms with Gasteiger partial charge in [-0.25, -0.2) is 4.98 Å². The minimum atomic E-state index is 0.331. The van der Waals surface area contributed by atoms with Crippen LogP contribution in [0.2, 0.25) is 0 Å². The van der Waals surface area contributed by atoms with Gasteiger partial charge < -0.3 is 10.1 Å². The molecule has 0 aromatic carbocycles. The lowest BCUT2D eigenvalue weighted by Crippen LogP contribution is -2.14. The van der Waals surface area contributed by atoms with E-state index in [4.69, 9.17) is 9.72 Å². The molecule has 0 radical (unpaired) electrons. The van der Waals surface area contributed by atoms with Crippen molar-refractivity contribution < 1.29 is 4.74 Å². The number of nitrogens with zero attached hydrogens (tertiary/aromatic N) is 2. The Kier molecular flexibility index (Phi) is 3.61. The Morgan fingerprint density at radius 1 is 1.67 bits per heavy atom. The van der Waals surface area contributed by atoms with Crippen molar-refractivity contribution in [3.05, 3.63) is 17.3 Å². The van der Waals surface area contributed by atoms with Gasteiger partial charge in [0.1, 0.15) is 5.03 Å². The standard InChI is InChI=1S/C12H17N3OS2/c1-8-10(3-5-16-8)18-11-9(7-13-2)15-4-6-17-12(15)14-11/h4,6,8,10,13H,3,5,7H2,1-2H3. The van der Waals surface area contributed by atoms with E-state index in [0.717, 1.165) is 29.6 Å². The maximum atomic E-state index is 5.62. The van der Waals surface area contributed by atoms with E-state index < -0.39 is 0 Å². The van der Waals surface area contributed by atoms with E-state index >= 15 is 0 Å². The van der Waals surface area contributed by atoms with Crippen molar-refractivity contribution in [1.82, 2.24) is 14.7 Å². The van der Waals surface area contributed by atoms with E-state index in [1.165, 1.54) is 5.69 Å². The summed E-state index contributed by atoms with van der Waals surface area (Å²) in [5, 5.41) is 6.99. The largest absolute Gasteiger partial charge is 0.377 e. The summed E-state index contributed by atoms with van der Waals surface area (Å²) in [6.45, 7) is 3.88. The number of rotatable bonds is 4. The smallest absolute Gasteiger partial charge is 0.194 e. The second kappa shape index (κ2) is 5.21. The first-order valence-corrected chi connectivity index (χ1v) is 7.93. The number of hydrogen-bond acceptors (Lipinski definition) is 5.